The van der Waals surface area contributed by atoms with Crippen LogP contribution in [0.2, 0.25) is 0 Å². The van der Waals surface area contributed by atoms with Crippen molar-refractivity contribution in [2.45, 2.75) is 78.9 Å². The molecular weight excluding hydrogens is 272 g/mol. The number of aliphatic hydroxyl groups excluding tert-OH is 2. The number of rotatable bonds is 9. The van der Waals surface area contributed by atoms with Crippen LogP contribution in [0.25, 0.3) is 0 Å². The molecule has 0 saturated heterocycles. The van der Waals surface area contributed by atoms with Crippen LogP contribution in [0.3, 0.4) is 0 Å². The topological polar surface area (TPSA) is 87.0 Å². The van der Waals surface area contributed by atoms with Crippen LogP contribution in [0.5, 0.6) is 0 Å². The lowest BCUT2D eigenvalue weighted by Gasteiger charge is -2.17. The summed E-state index contributed by atoms with van der Waals surface area (Å²) in [4.78, 5) is 10.2. The van der Waals surface area contributed by atoms with E-state index >= 15 is 0 Å². The predicted octanol–water partition coefficient (Wildman–Crippen LogP) is 2.83. The Hall–Kier alpha value is -0.650. The van der Waals surface area contributed by atoms with Gasteiger partial charge in [0.05, 0.1) is 25.4 Å². The molecule has 0 aromatic heterocycles. The third-order valence-corrected chi connectivity index (χ3v) is 2.70. The van der Waals surface area contributed by atoms with E-state index in [1.54, 1.807) is 13.8 Å². The fraction of sp³-hybridized carbons (Fsp3) is 0.938. The molecule has 0 aliphatic rings. The van der Waals surface area contributed by atoms with Crippen LogP contribution in [0.1, 0.15) is 66.7 Å². The second-order valence-electron chi connectivity index (χ2n) is 6.69. The highest BCUT2D eigenvalue weighted by Crippen LogP contribution is 2.22. The number of aliphatic hydroxyl groups is 2. The zero-order chi connectivity index (χ0) is 16.9. The number of ether oxygens (including phenoxy) is 1. The minimum atomic E-state index is -0.675. The summed E-state index contributed by atoms with van der Waals surface area (Å²) in [6, 6.07) is 0. The lowest BCUT2D eigenvalue weighted by atomic mass is 9.89. The van der Waals surface area contributed by atoms with Gasteiger partial charge in [-0.15, -0.1) is 0 Å². The maximum absolute atomic E-state index is 10.2. The van der Waals surface area contributed by atoms with Crippen LogP contribution in [0.4, 0.5) is 0 Å². The predicted molar refractivity (Wildman–Crippen MR) is 84.4 cm³/mol. The first-order valence-corrected chi connectivity index (χ1v) is 7.70. The second-order valence-corrected chi connectivity index (χ2v) is 6.69. The molecule has 2 atom stereocenters. The number of carboxylic acids is 1. The molecule has 2 unspecified atom stereocenters. The smallest absolute Gasteiger partial charge is 0.303 e. The lowest BCUT2D eigenvalue weighted by Crippen LogP contribution is -2.19. The molecule has 5 heteroatoms. The van der Waals surface area contributed by atoms with Gasteiger partial charge in [-0.05, 0) is 32.1 Å². The molecule has 0 aromatic carbocycles. The Bertz CT molecular complexity index is 246. The van der Waals surface area contributed by atoms with Crippen LogP contribution in [-0.4, -0.2) is 46.7 Å². The summed E-state index contributed by atoms with van der Waals surface area (Å²) >= 11 is 0. The first kappa shape index (κ1) is 22.6. The van der Waals surface area contributed by atoms with Crippen molar-refractivity contribution < 1.29 is 24.9 Å². The third kappa shape index (κ3) is 24.7. The molecular formula is C16H34O5. The van der Waals surface area contributed by atoms with Crippen LogP contribution < -0.4 is 0 Å². The Morgan fingerprint density at radius 3 is 2.10 bits per heavy atom. The van der Waals surface area contributed by atoms with E-state index in [1.807, 2.05) is 0 Å². The summed E-state index contributed by atoms with van der Waals surface area (Å²) in [6.45, 7) is 10.3. The number of carbonyl (C=O) groups is 1. The van der Waals surface area contributed by atoms with Gasteiger partial charge in [-0.3, -0.25) is 4.79 Å². The molecule has 0 heterocycles. The summed E-state index contributed by atoms with van der Waals surface area (Å²) in [5.74, 6) is -0.675. The average molecular weight is 306 g/mol. The van der Waals surface area contributed by atoms with Gasteiger partial charge in [-0.1, -0.05) is 33.6 Å². The van der Waals surface area contributed by atoms with Gasteiger partial charge in [0.15, 0.2) is 0 Å². The van der Waals surface area contributed by atoms with Crippen molar-refractivity contribution in [3.8, 4) is 0 Å². The Labute approximate surface area is 129 Å². The minimum absolute atomic E-state index is 0.00667. The maximum Gasteiger partial charge on any atom is 0.303 e. The van der Waals surface area contributed by atoms with Crippen molar-refractivity contribution in [2.75, 3.05) is 13.2 Å². The molecule has 0 spiro atoms. The average Bonchev–Trinajstić information content (AvgIpc) is 2.34. The molecule has 0 saturated carbocycles. The summed E-state index contributed by atoms with van der Waals surface area (Å²) < 4.78 is 4.95. The first-order chi connectivity index (χ1) is 9.58. The highest BCUT2D eigenvalue weighted by Gasteiger charge is 2.08. The summed E-state index contributed by atoms with van der Waals surface area (Å²) in [5, 5.41) is 25.5. The van der Waals surface area contributed by atoms with Crippen molar-refractivity contribution in [1.29, 1.82) is 0 Å². The number of unbranched alkanes of at least 4 members (excludes halogenated alkanes) is 2. The first-order valence-electron chi connectivity index (χ1n) is 7.70. The minimum Gasteiger partial charge on any atom is -0.481 e. The van der Waals surface area contributed by atoms with Gasteiger partial charge in [0.1, 0.15) is 0 Å². The molecule has 21 heavy (non-hydrogen) atoms. The normalized spacial score (nSPS) is 14.0. The molecule has 0 bridgehead atoms. The van der Waals surface area contributed by atoms with Crippen molar-refractivity contribution in [2.24, 2.45) is 5.41 Å². The third-order valence-electron chi connectivity index (χ3n) is 2.70. The van der Waals surface area contributed by atoms with Gasteiger partial charge in [0.25, 0.3) is 0 Å². The monoisotopic (exact) mass is 306 g/mol. The van der Waals surface area contributed by atoms with Gasteiger partial charge in [-0.25, -0.2) is 0 Å². The highest BCUT2D eigenvalue weighted by molar-refractivity contribution is 5.66. The quantitative estimate of drug-likeness (QED) is 0.570. The van der Waals surface area contributed by atoms with E-state index in [-0.39, 0.29) is 12.7 Å². The maximum atomic E-state index is 10.2. The molecule has 3 N–H and O–H groups in total. The van der Waals surface area contributed by atoms with E-state index in [0.717, 1.165) is 19.3 Å². The SMILES string of the molecule is CC(C)(C)CCCCCC(=O)O.CC(O)COC(C)CO. The van der Waals surface area contributed by atoms with Crippen LogP contribution >= 0.6 is 0 Å². The number of aliphatic carboxylic acids is 1. The van der Waals surface area contributed by atoms with E-state index in [2.05, 4.69) is 20.8 Å². The van der Waals surface area contributed by atoms with Crippen LogP contribution in [-0.2, 0) is 9.53 Å². The van der Waals surface area contributed by atoms with Gasteiger partial charge < -0.3 is 20.1 Å². The van der Waals surface area contributed by atoms with Crippen molar-refractivity contribution in [3.05, 3.63) is 0 Å². The van der Waals surface area contributed by atoms with Crippen molar-refractivity contribution in [1.82, 2.24) is 0 Å². The molecule has 0 aliphatic heterocycles. The van der Waals surface area contributed by atoms with E-state index in [9.17, 15) is 4.79 Å². The largest absolute Gasteiger partial charge is 0.481 e. The van der Waals surface area contributed by atoms with E-state index in [4.69, 9.17) is 20.1 Å². The molecule has 0 amide bonds. The van der Waals surface area contributed by atoms with E-state index in [0.29, 0.717) is 18.4 Å². The van der Waals surface area contributed by atoms with Crippen LogP contribution in [0.15, 0.2) is 0 Å². The van der Waals surface area contributed by atoms with Crippen molar-refractivity contribution >= 4 is 5.97 Å². The Morgan fingerprint density at radius 1 is 1.14 bits per heavy atom. The zero-order valence-electron chi connectivity index (χ0n) is 14.3. The number of hydrogen-bond acceptors (Lipinski definition) is 4. The number of hydrogen-bond donors (Lipinski definition) is 3. The molecule has 0 rings (SSSR count). The molecule has 0 radical (unpaired) electrons. The standard InChI is InChI=1S/C10H20O2.C6H14O3/c1-10(2,3)8-6-4-5-7-9(11)12;1-5(8)4-9-6(2)3-7/h4-8H2,1-3H3,(H,11,12);5-8H,3-4H2,1-2H3. The van der Waals surface area contributed by atoms with Crippen molar-refractivity contribution in [3.63, 3.8) is 0 Å². The fourth-order valence-corrected chi connectivity index (χ4v) is 1.46. The Kier molecular flexibility index (Phi) is 14.1. The van der Waals surface area contributed by atoms with Gasteiger partial charge >= 0.3 is 5.97 Å². The molecule has 0 aliphatic carbocycles. The zero-order valence-corrected chi connectivity index (χ0v) is 14.3. The molecule has 0 fully saturated rings. The molecule has 128 valence electrons. The van der Waals surface area contributed by atoms with E-state index in [1.165, 1.54) is 6.42 Å². The van der Waals surface area contributed by atoms with Crippen LogP contribution in [0, 0.1) is 5.41 Å². The van der Waals surface area contributed by atoms with Gasteiger partial charge in [-0.2, -0.15) is 0 Å². The Morgan fingerprint density at radius 2 is 1.71 bits per heavy atom. The fourth-order valence-electron chi connectivity index (χ4n) is 1.46. The highest BCUT2D eigenvalue weighted by atomic mass is 16.5. The van der Waals surface area contributed by atoms with E-state index < -0.39 is 12.1 Å². The van der Waals surface area contributed by atoms with Gasteiger partial charge in [0.2, 0.25) is 0 Å². The summed E-state index contributed by atoms with van der Waals surface area (Å²) in [6.07, 6.45) is 3.92. The summed E-state index contributed by atoms with van der Waals surface area (Å²) in [5.41, 5.74) is 0.392. The number of carboxylic acid groups (broad SMARTS) is 1. The molecule has 0 aromatic rings. The van der Waals surface area contributed by atoms with Gasteiger partial charge in [0, 0.05) is 6.42 Å². The lowest BCUT2D eigenvalue weighted by molar-refractivity contribution is -0.137. The second kappa shape index (κ2) is 13.0. The molecule has 5 nitrogen and oxygen atoms in total. The summed E-state index contributed by atoms with van der Waals surface area (Å²) in [7, 11) is 0. The Balaban J connectivity index is 0.